The van der Waals surface area contributed by atoms with E-state index in [1.807, 2.05) is 26.1 Å². The van der Waals surface area contributed by atoms with E-state index in [4.69, 9.17) is 0 Å². The van der Waals surface area contributed by atoms with E-state index in [-0.39, 0.29) is 24.6 Å². The molecule has 32 heavy (non-hydrogen) atoms. The molecule has 1 aliphatic carbocycles. The van der Waals surface area contributed by atoms with Gasteiger partial charge < -0.3 is 10.0 Å². The lowest BCUT2D eigenvalue weighted by molar-refractivity contribution is 0.193. The van der Waals surface area contributed by atoms with Crippen LogP contribution >= 0.6 is 0 Å². The van der Waals surface area contributed by atoms with Gasteiger partial charge in [-0.1, -0.05) is 30.3 Å². The molecule has 0 spiro atoms. The molecule has 0 aromatic heterocycles. The first-order valence-corrected chi connectivity index (χ1v) is 13.1. The number of hydrogen-bond acceptors (Lipinski definition) is 4. The van der Waals surface area contributed by atoms with E-state index in [1.165, 1.54) is 24.0 Å². The van der Waals surface area contributed by atoms with Gasteiger partial charge in [0.05, 0.1) is 23.6 Å². The quantitative estimate of drug-likeness (QED) is 0.741. The summed E-state index contributed by atoms with van der Waals surface area (Å²) in [6.07, 6.45) is 7.71. The number of aliphatic hydroxyl groups excluding tert-OH is 1. The largest absolute Gasteiger partial charge is 0.394 e. The molecule has 0 unspecified atom stereocenters. The van der Waals surface area contributed by atoms with Crippen molar-refractivity contribution >= 4 is 21.3 Å². The van der Waals surface area contributed by atoms with E-state index in [1.54, 1.807) is 16.4 Å². The molecular weight excluding hydrogens is 420 g/mol. The van der Waals surface area contributed by atoms with Gasteiger partial charge in [-0.3, -0.25) is 0 Å². The maximum absolute atomic E-state index is 13.8. The van der Waals surface area contributed by atoms with E-state index in [2.05, 4.69) is 29.2 Å². The average molecular weight is 453 g/mol. The van der Waals surface area contributed by atoms with Gasteiger partial charge in [-0.05, 0) is 79.5 Å². The van der Waals surface area contributed by atoms with Crippen molar-refractivity contribution in [1.82, 2.24) is 4.31 Å². The SMILES string of the molecule is Cc1ccccc1S(=O)(=O)N1CC[C@H]2[C@@H](CO)N(C)c3ccc(C4=CCCCC4)cc3[C@H]21. The summed E-state index contributed by atoms with van der Waals surface area (Å²) in [5.74, 6) is 0.0619. The zero-order valence-corrected chi connectivity index (χ0v) is 19.7. The molecule has 1 N–H and O–H groups in total. The molecule has 1 fully saturated rings. The first-order valence-electron chi connectivity index (χ1n) is 11.7. The number of sulfonamides is 1. The minimum atomic E-state index is -3.65. The second-order valence-corrected chi connectivity index (χ2v) is 11.2. The van der Waals surface area contributed by atoms with Crippen LogP contribution in [0, 0.1) is 12.8 Å². The second-order valence-electron chi connectivity index (χ2n) is 9.39. The van der Waals surface area contributed by atoms with E-state index >= 15 is 0 Å². The third-order valence-corrected chi connectivity index (χ3v) is 9.69. The fourth-order valence-electron chi connectivity index (χ4n) is 5.95. The van der Waals surface area contributed by atoms with Crippen LogP contribution in [0.5, 0.6) is 0 Å². The summed E-state index contributed by atoms with van der Waals surface area (Å²) in [6.45, 7) is 2.35. The number of aliphatic hydroxyl groups is 1. The van der Waals surface area contributed by atoms with Crippen molar-refractivity contribution in [3.63, 3.8) is 0 Å². The first kappa shape index (κ1) is 21.7. The summed E-state index contributed by atoms with van der Waals surface area (Å²) in [5, 5.41) is 10.2. The maximum atomic E-state index is 13.8. The average Bonchev–Trinajstić information content (AvgIpc) is 3.26. The summed E-state index contributed by atoms with van der Waals surface area (Å²) in [7, 11) is -1.63. The highest BCUT2D eigenvalue weighted by molar-refractivity contribution is 7.89. The smallest absolute Gasteiger partial charge is 0.243 e. The van der Waals surface area contributed by atoms with Crippen LogP contribution in [0.2, 0.25) is 0 Å². The molecule has 2 heterocycles. The fourth-order valence-corrected chi connectivity index (χ4v) is 7.85. The van der Waals surface area contributed by atoms with Crippen LogP contribution in [-0.2, 0) is 10.0 Å². The van der Waals surface area contributed by atoms with E-state index in [0.29, 0.717) is 11.4 Å². The Balaban J connectivity index is 1.64. The van der Waals surface area contributed by atoms with Gasteiger partial charge in [-0.2, -0.15) is 4.31 Å². The van der Waals surface area contributed by atoms with Gasteiger partial charge in [0, 0.05) is 25.2 Å². The molecule has 2 aromatic rings. The molecule has 5 rings (SSSR count). The lowest BCUT2D eigenvalue weighted by Gasteiger charge is -2.44. The van der Waals surface area contributed by atoms with E-state index < -0.39 is 10.0 Å². The van der Waals surface area contributed by atoms with Gasteiger partial charge in [-0.15, -0.1) is 0 Å². The van der Waals surface area contributed by atoms with Crippen molar-refractivity contribution in [2.45, 2.75) is 56.0 Å². The van der Waals surface area contributed by atoms with Crippen molar-refractivity contribution in [1.29, 1.82) is 0 Å². The molecule has 0 radical (unpaired) electrons. The normalized spacial score (nSPS) is 25.9. The third kappa shape index (κ3) is 3.40. The van der Waals surface area contributed by atoms with E-state index in [9.17, 15) is 13.5 Å². The summed E-state index contributed by atoms with van der Waals surface area (Å²) in [6, 6.07) is 13.4. The van der Waals surface area contributed by atoms with Crippen LogP contribution in [0.15, 0.2) is 53.4 Å². The van der Waals surface area contributed by atoms with Gasteiger partial charge in [0.1, 0.15) is 0 Å². The van der Waals surface area contributed by atoms with Gasteiger partial charge in [0.2, 0.25) is 10.0 Å². The molecule has 170 valence electrons. The number of aryl methyl sites for hydroxylation is 1. The number of rotatable bonds is 4. The van der Waals surface area contributed by atoms with Crippen molar-refractivity contribution < 1.29 is 13.5 Å². The Morgan fingerprint density at radius 1 is 1.12 bits per heavy atom. The molecule has 5 nitrogen and oxygen atoms in total. The molecule has 2 aromatic carbocycles. The standard InChI is InChI=1S/C26H32N2O3S/c1-18-8-6-7-11-25(18)32(30,31)28-15-14-21-24(17-29)27(2)23-13-12-20(16-22(23)26(21)28)19-9-4-3-5-10-19/h6-9,11-13,16,21,24,26,29H,3-5,10,14-15,17H2,1-2H3/t21-,24+,26-/m0/s1. The zero-order valence-electron chi connectivity index (χ0n) is 18.9. The fraction of sp³-hybridized carbons (Fsp3) is 0.462. The Hall–Kier alpha value is -2.15. The van der Waals surface area contributed by atoms with Crippen molar-refractivity contribution in [3.05, 3.63) is 65.2 Å². The van der Waals surface area contributed by atoms with Crippen LogP contribution < -0.4 is 4.90 Å². The molecule has 0 saturated carbocycles. The zero-order chi connectivity index (χ0) is 22.5. The predicted octanol–water partition coefficient (Wildman–Crippen LogP) is 4.52. The summed E-state index contributed by atoms with van der Waals surface area (Å²) < 4.78 is 29.3. The molecule has 6 heteroatoms. The summed E-state index contributed by atoms with van der Waals surface area (Å²) >= 11 is 0. The highest BCUT2D eigenvalue weighted by Gasteiger charge is 2.50. The topological polar surface area (TPSA) is 60.9 Å². The van der Waals surface area contributed by atoms with Crippen molar-refractivity contribution in [3.8, 4) is 0 Å². The number of likely N-dealkylation sites (N-methyl/N-ethyl adjacent to an activating group) is 1. The highest BCUT2D eigenvalue weighted by atomic mass is 32.2. The number of benzene rings is 2. The third-order valence-electron chi connectivity index (χ3n) is 7.65. The van der Waals surface area contributed by atoms with Crippen LogP contribution in [0.4, 0.5) is 5.69 Å². The second kappa shape index (κ2) is 8.32. The number of hydrogen-bond donors (Lipinski definition) is 1. The Morgan fingerprint density at radius 3 is 2.66 bits per heavy atom. The Kier molecular flexibility index (Phi) is 5.64. The number of anilines is 1. The van der Waals surface area contributed by atoms with Crippen LogP contribution in [0.1, 0.15) is 54.8 Å². The minimum absolute atomic E-state index is 0.0161. The van der Waals surface area contributed by atoms with Gasteiger partial charge in [0.25, 0.3) is 0 Å². The number of nitrogens with zero attached hydrogens (tertiary/aromatic N) is 2. The molecule has 3 aliphatic rings. The Morgan fingerprint density at radius 2 is 1.94 bits per heavy atom. The van der Waals surface area contributed by atoms with Gasteiger partial charge in [0.15, 0.2) is 0 Å². The van der Waals surface area contributed by atoms with Crippen LogP contribution in [0.25, 0.3) is 5.57 Å². The first-order chi connectivity index (χ1) is 15.4. The maximum Gasteiger partial charge on any atom is 0.243 e. The number of fused-ring (bicyclic) bond motifs is 3. The lowest BCUT2D eigenvalue weighted by atomic mass is 9.81. The van der Waals surface area contributed by atoms with Gasteiger partial charge in [-0.25, -0.2) is 8.42 Å². The molecular formula is C26H32N2O3S. The highest BCUT2D eigenvalue weighted by Crippen LogP contribution is 2.51. The molecule has 3 atom stereocenters. The molecule has 0 amide bonds. The number of allylic oxidation sites excluding steroid dienone is 2. The summed E-state index contributed by atoms with van der Waals surface area (Å²) in [4.78, 5) is 2.53. The minimum Gasteiger partial charge on any atom is -0.394 e. The van der Waals surface area contributed by atoms with Crippen molar-refractivity contribution in [2.24, 2.45) is 5.92 Å². The van der Waals surface area contributed by atoms with Crippen LogP contribution in [-0.4, -0.2) is 44.1 Å². The summed E-state index contributed by atoms with van der Waals surface area (Å²) in [5.41, 5.74) is 5.44. The molecule has 0 bridgehead atoms. The monoisotopic (exact) mass is 452 g/mol. The molecule has 1 saturated heterocycles. The van der Waals surface area contributed by atoms with Crippen molar-refractivity contribution in [2.75, 3.05) is 25.1 Å². The van der Waals surface area contributed by atoms with E-state index in [0.717, 1.165) is 36.1 Å². The van der Waals surface area contributed by atoms with Crippen LogP contribution in [0.3, 0.4) is 0 Å². The predicted molar refractivity (Wildman–Crippen MR) is 128 cm³/mol. The Labute approximate surface area is 191 Å². The van der Waals surface area contributed by atoms with Gasteiger partial charge >= 0.3 is 0 Å². The lowest BCUT2D eigenvalue weighted by Crippen LogP contribution is -2.48. The molecule has 2 aliphatic heterocycles. The Bertz CT molecular complexity index is 1160.